The van der Waals surface area contributed by atoms with E-state index in [4.69, 9.17) is 16.3 Å². The predicted molar refractivity (Wildman–Crippen MR) is 89.2 cm³/mol. The molecule has 0 amide bonds. The number of rotatable bonds is 4. The molecular formula is C12H17BrCl2N2O3S. The van der Waals surface area contributed by atoms with Gasteiger partial charge in [0.25, 0.3) is 0 Å². The molecule has 1 saturated heterocycles. The molecule has 0 bridgehead atoms. The summed E-state index contributed by atoms with van der Waals surface area (Å²) in [5.41, 5.74) is 0. The van der Waals surface area contributed by atoms with Crippen molar-refractivity contribution in [2.75, 3.05) is 20.2 Å². The molecule has 5 nitrogen and oxygen atoms in total. The second-order valence-electron chi connectivity index (χ2n) is 4.58. The molecule has 1 aromatic carbocycles. The minimum Gasteiger partial charge on any atom is -0.495 e. The maximum absolute atomic E-state index is 12.4. The number of halogens is 3. The number of hydrogen-bond acceptors (Lipinski definition) is 4. The molecule has 1 aliphatic heterocycles. The van der Waals surface area contributed by atoms with E-state index in [-0.39, 0.29) is 28.4 Å². The maximum Gasteiger partial charge on any atom is 0.242 e. The van der Waals surface area contributed by atoms with Crippen molar-refractivity contribution in [2.24, 2.45) is 0 Å². The number of hydrogen-bond donors (Lipinski definition) is 2. The minimum absolute atomic E-state index is 0. The molecule has 1 heterocycles. The fourth-order valence-electron chi connectivity index (χ4n) is 2.11. The maximum atomic E-state index is 12.4. The van der Waals surface area contributed by atoms with Crippen LogP contribution in [-0.4, -0.2) is 34.7 Å². The Morgan fingerprint density at radius 3 is 2.76 bits per heavy atom. The summed E-state index contributed by atoms with van der Waals surface area (Å²) in [6.45, 7) is 1.57. The van der Waals surface area contributed by atoms with Gasteiger partial charge in [-0.3, -0.25) is 0 Å². The summed E-state index contributed by atoms with van der Waals surface area (Å²) < 4.78 is 33.0. The smallest absolute Gasteiger partial charge is 0.242 e. The SMILES string of the molecule is COc1cc(Br)c(S(=O)(=O)NC2CCCNC2)cc1Cl.Cl. The molecule has 120 valence electrons. The van der Waals surface area contributed by atoms with Gasteiger partial charge in [-0.25, -0.2) is 13.1 Å². The Labute approximate surface area is 144 Å². The third kappa shape index (κ3) is 4.71. The van der Waals surface area contributed by atoms with Gasteiger partial charge in [0.05, 0.1) is 17.0 Å². The Morgan fingerprint density at radius 1 is 1.48 bits per heavy atom. The summed E-state index contributed by atoms with van der Waals surface area (Å²) in [6.07, 6.45) is 1.78. The van der Waals surface area contributed by atoms with Crippen molar-refractivity contribution in [3.8, 4) is 5.75 Å². The summed E-state index contributed by atoms with van der Waals surface area (Å²) >= 11 is 9.25. The van der Waals surface area contributed by atoms with Gasteiger partial charge in [0.1, 0.15) is 5.75 Å². The van der Waals surface area contributed by atoms with Crippen LogP contribution >= 0.6 is 39.9 Å². The number of piperidine rings is 1. The van der Waals surface area contributed by atoms with Gasteiger partial charge in [-0.2, -0.15) is 0 Å². The van der Waals surface area contributed by atoms with Gasteiger partial charge in [0, 0.05) is 17.1 Å². The first-order valence-corrected chi connectivity index (χ1v) is 8.85. The quantitative estimate of drug-likeness (QED) is 0.786. The lowest BCUT2D eigenvalue weighted by Crippen LogP contribution is -2.45. The van der Waals surface area contributed by atoms with Crippen LogP contribution in [0.4, 0.5) is 0 Å². The monoisotopic (exact) mass is 418 g/mol. The van der Waals surface area contributed by atoms with Crippen LogP contribution in [0.3, 0.4) is 0 Å². The van der Waals surface area contributed by atoms with Crippen molar-refractivity contribution in [1.82, 2.24) is 10.0 Å². The highest BCUT2D eigenvalue weighted by atomic mass is 79.9. The molecule has 1 unspecified atom stereocenters. The van der Waals surface area contributed by atoms with Crippen LogP contribution < -0.4 is 14.8 Å². The van der Waals surface area contributed by atoms with Crippen LogP contribution in [-0.2, 0) is 10.0 Å². The second-order valence-corrected chi connectivity index (χ2v) is 7.53. The number of ether oxygens (including phenoxy) is 1. The molecule has 2 rings (SSSR count). The minimum atomic E-state index is -3.61. The van der Waals surface area contributed by atoms with Crippen molar-refractivity contribution < 1.29 is 13.2 Å². The standard InChI is InChI=1S/C12H16BrClN2O3S.ClH/c1-19-11-5-9(13)12(6-10(11)14)20(17,18)16-8-3-2-4-15-7-8;/h5-6,8,15-16H,2-4,7H2,1H3;1H. The zero-order valence-electron chi connectivity index (χ0n) is 11.4. The molecule has 9 heteroatoms. The lowest BCUT2D eigenvalue weighted by molar-refractivity contribution is 0.414. The van der Waals surface area contributed by atoms with Crippen LogP contribution in [0, 0.1) is 0 Å². The van der Waals surface area contributed by atoms with Gasteiger partial charge >= 0.3 is 0 Å². The summed E-state index contributed by atoms with van der Waals surface area (Å²) in [5.74, 6) is 0.428. The first-order chi connectivity index (χ1) is 9.44. The van der Waals surface area contributed by atoms with Crippen molar-refractivity contribution in [3.63, 3.8) is 0 Å². The molecule has 1 aliphatic rings. The molecule has 1 aromatic rings. The van der Waals surface area contributed by atoms with Crippen molar-refractivity contribution in [1.29, 1.82) is 0 Å². The van der Waals surface area contributed by atoms with Gasteiger partial charge < -0.3 is 10.1 Å². The normalized spacial score (nSPS) is 18.9. The van der Waals surface area contributed by atoms with Crippen LogP contribution in [0.25, 0.3) is 0 Å². The molecule has 0 aromatic heterocycles. The molecule has 1 fully saturated rings. The van der Waals surface area contributed by atoms with Gasteiger partial charge in [-0.05, 0) is 47.4 Å². The average Bonchev–Trinajstić information content (AvgIpc) is 2.41. The molecule has 0 aliphatic carbocycles. The fraction of sp³-hybridized carbons (Fsp3) is 0.500. The van der Waals surface area contributed by atoms with E-state index in [0.29, 0.717) is 16.8 Å². The summed E-state index contributed by atoms with van der Waals surface area (Å²) in [7, 11) is -2.13. The third-order valence-electron chi connectivity index (χ3n) is 3.11. The van der Waals surface area contributed by atoms with Crippen molar-refractivity contribution in [2.45, 2.75) is 23.8 Å². The Kier molecular flexibility index (Phi) is 7.23. The Hall–Kier alpha value is -0.0500. The number of nitrogens with one attached hydrogen (secondary N) is 2. The molecule has 0 spiro atoms. The second kappa shape index (κ2) is 7.99. The van der Waals surface area contributed by atoms with Gasteiger partial charge in [0.15, 0.2) is 0 Å². The van der Waals surface area contributed by atoms with E-state index in [1.165, 1.54) is 13.2 Å². The number of benzene rings is 1. The highest BCUT2D eigenvalue weighted by molar-refractivity contribution is 9.10. The Morgan fingerprint density at radius 2 is 2.19 bits per heavy atom. The lowest BCUT2D eigenvalue weighted by Gasteiger charge is -2.24. The van der Waals surface area contributed by atoms with E-state index >= 15 is 0 Å². The summed E-state index contributed by atoms with van der Waals surface area (Å²) in [6, 6.07) is 2.85. The molecule has 2 N–H and O–H groups in total. The predicted octanol–water partition coefficient (Wildman–Crippen LogP) is 2.56. The highest BCUT2D eigenvalue weighted by Crippen LogP contribution is 2.33. The third-order valence-corrected chi connectivity index (χ3v) is 5.89. The Balaban J connectivity index is 0.00000220. The number of methoxy groups -OCH3 is 1. The van der Waals surface area contributed by atoms with Crippen molar-refractivity contribution in [3.05, 3.63) is 21.6 Å². The summed E-state index contributed by atoms with van der Waals surface area (Å²) in [5, 5.41) is 3.43. The van der Waals surface area contributed by atoms with Gasteiger partial charge in [-0.15, -0.1) is 12.4 Å². The molecule has 0 radical (unpaired) electrons. The van der Waals surface area contributed by atoms with Crippen molar-refractivity contribution >= 4 is 50.0 Å². The van der Waals surface area contributed by atoms with Gasteiger partial charge in [0.2, 0.25) is 10.0 Å². The highest BCUT2D eigenvalue weighted by Gasteiger charge is 2.24. The van der Waals surface area contributed by atoms with E-state index in [2.05, 4.69) is 26.0 Å². The fourth-order valence-corrected chi connectivity index (χ4v) is 4.73. The van der Waals surface area contributed by atoms with E-state index in [0.717, 1.165) is 19.4 Å². The first-order valence-electron chi connectivity index (χ1n) is 6.20. The van der Waals surface area contributed by atoms with E-state index < -0.39 is 10.0 Å². The summed E-state index contributed by atoms with van der Waals surface area (Å²) in [4.78, 5) is 0.119. The van der Waals surface area contributed by atoms with Crippen LogP contribution in [0.15, 0.2) is 21.5 Å². The largest absolute Gasteiger partial charge is 0.495 e. The Bertz CT molecular complexity index is 592. The molecular weight excluding hydrogens is 403 g/mol. The molecule has 21 heavy (non-hydrogen) atoms. The topological polar surface area (TPSA) is 67.4 Å². The van der Waals surface area contributed by atoms with Crippen LogP contribution in [0.5, 0.6) is 5.75 Å². The zero-order chi connectivity index (χ0) is 14.8. The van der Waals surface area contributed by atoms with Crippen LogP contribution in [0.1, 0.15) is 12.8 Å². The number of sulfonamides is 1. The van der Waals surface area contributed by atoms with E-state index in [9.17, 15) is 8.42 Å². The lowest BCUT2D eigenvalue weighted by atomic mass is 10.1. The van der Waals surface area contributed by atoms with E-state index in [1.54, 1.807) is 6.07 Å². The zero-order valence-corrected chi connectivity index (χ0v) is 15.3. The molecule has 1 atom stereocenters. The molecule has 0 saturated carbocycles. The van der Waals surface area contributed by atoms with E-state index in [1.807, 2.05) is 0 Å². The average molecular weight is 420 g/mol. The van der Waals surface area contributed by atoms with Gasteiger partial charge in [-0.1, -0.05) is 11.6 Å². The first kappa shape index (κ1) is 19.0. The van der Waals surface area contributed by atoms with Crippen LogP contribution in [0.2, 0.25) is 5.02 Å².